The standard InChI is InChI=1S/C14H21N3OS/c1-8-11(18)15-12(19-8)17-16-10-7-9-5-6-14(10,4)13(9,2)3/h8-9H,5-7H2,1-4H3,(H,15,17,18)/b16-10+. The van der Waals surface area contributed by atoms with Crippen LogP contribution in [0.5, 0.6) is 0 Å². The molecule has 3 fully saturated rings. The van der Waals surface area contributed by atoms with Crippen molar-refractivity contribution in [1.82, 2.24) is 5.32 Å². The monoisotopic (exact) mass is 279 g/mol. The summed E-state index contributed by atoms with van der Waals surface area (Å²) in [5.41, 5.74) is 1.72. The van der Waals surface area contributed by atoms with Crippen LogP contribution in [0.4, 0.5) is 0 Å². The van der Waals surface area contributed by atoms with Gasteiger partial charge < -0.3 is 5.32 Å². The number of amides is 1. The van der Waals surface area contributed by atoms with Crippen LogP contribution in [0.2, 0.25) is 0 Å². The number of amidine groups is 1. The second-order valence-corrected chi connectivity index (χ2v) is 8.02. The van der Waals surface area contributed by atoms with Gasteiger partial charge in [-0.3, -0.25) is 4.79 Å². The lowest BCUT2D eigenvalue weighted by molar-refractivity contribution is -0.118. The molecule has 0 radical (unpaired) electrons. The lowest BCUT2D eigenvalue weighted by Crippen LogP contribution is -2.32. The predicted octanol–water partition coefficient (Wildman–Crippen LogP) is 2.80. The molecule has 0 spiro atoms. The molecule has 3 unspecified atom stereocenters. The summed E-state index contributed by atoms with van der Waals surface area (Å²) < 4.78 is 0. The maximum Gasteiger partial charge on any atom is 0.239 e. The van der Waals surface area contributed by atoms with E-state index in [1.807, 2.05) is 6.92 Å². The van der Waals surface area contributed by atoms with Gasteiger partial charge in [0.2, 0.25) is 5.91 Å². The van der Waals surface area contributed by atoms with E-state index in [1.54, 1.807) is 0 Å². The first-order valence-electron chi connectivity index (χ1n) is 6.97. The van der Waals surface area contributed by atoms with E-state index in [9.17, 15) is 4.79 Å². The highest BCUT2D eigenvalue weighted by molar-refractivity contribution is 8.15. The zero-order valence-electron chi connectivity index (χ0n) is 12.0. The average Bonchev–Trinajstić information content (AvgIpc) is 2.84. The van der Waals surface area contributed by atoms with Crippen molar-refractivity contribution >= 4 is 28.5 Å². The van der Waals surface area contributed by atoms with Crippen molar-refractivity contribution < 1.29 is 4.79 Å². The molecule has 1 amide bonds. The summed E-state index contributed by atoms with van der Waals surface area (Å²) >= 11 is 1.46. The fourth-order valence-corrected chi connectivity index (χ4v) is 4.44. The minimum Gasteiger partial charge on any atom is -0.303 e. The van der Waals surface area contributed by atoms with Gasteiger partial charge in [0.1, 0.15) is 0 Å². The van der Waals surface area contributed by atoms with Gasteiger partial charge in [-0.05, 0) is 37.5 Å². The van der Waals surface area contributed by atoms with E-state index in [4.69, 9.17) is 0 Å². The minimum atomic E-state index is -0.0500. The highest BCUT2D eigenvalue weighted by atomic mass is 32.2. The van der Waals surface area contributed by atoms with E-state index >= 15 is 0 Å². The van der Waals surface area contributed by atoms with Crippen molar-refractivity contribution in [2.24, 2.45) is 27.0 Å². The Morgan fingerprint density at radius 2 is 2.05 bits per heavy atom. The first kappa shape index (κ1) is 13.2. The highest BCUT2D eigenvalue weighted by Crippen LogP contribution is 2.64. The van der Waals surface area contributed by atoms with E-state index in [-0.39, 0.29) is 16.6 Å². The summed E-state index contributed by atoms with van der Waals surface area (Å²) in [5.74, 6) is 0.768. The van der Waals surface area contributed by atoms with Crippen LogP contribution < -0.4 is 5.32 Å². The molecule has 2 aliphatic carbocycles. The zero-order chi connectivity index (χ0) is 13.8. The van der Waals surface area contributed by atoms with Crippen LogP contribution in [0.1, 0.15) is 47.0 Å². The third-order valence-electron chi connectivity index (χ3n) is 5.66. The Bertz CT molecular complexity index is 497. The maximum atomic E-state index is 11.4. The van der Waals surface area contributed by atoms with Crippen molar-refractivity contribution in [3.05, 3.63) is 0 Å². The van der Waals surface area contributed by atoms with Gasteiger partial charge in [-0.15, -0.1) is 5.10 Å². The molecular formula is C14H21N3OS. The molecule has 1 aliphatic heterocycles. The fourth-order valence-electron chi connectivity index (χ4n) is 3.69. The molecule has 2 bridgehead atoms. The second kappa shape index (κ2) is 4.08. The SMILES string of the molecule is CC1S/C(=N/N=C2\CC3CCC2(C)C3(C)C)NC1=O. The van der Waals surface area contributed by atoms with E-state index in [0.29, 0.717) is 10.6 Å². The molecule has 1 heterocycles. The van der Waals surface area contributed by atoms with Gasteiger partial charge in [0.15, 0.2) is 5.17 Å². The Kier molecular flexibility index (Phi) is 2.82. The molecule has 0 aromatic carbocycles. The Morgan fingerprint density at radius 1 is 1.32 bits per heavy atom. The third kappa shape index (κ3) is 1.77. The average molecular weight is 279 g/mol. The van der Waals surface area contributed by atoms with Crippen LogP contribution in [0, 0.1) is 16.7 Å². The number of hydrogen-bond acceptors (Lipinski definition) is 4. The smallest absolute Gasteiger partial charge is 0.239 e. The van der Waals surface area contributed by atoms with E-state index in [0.717, 1.165) is 12.3 Å². The van der Waals surface area contributed by atoms with E-state index < -0.39 is 0 Å². The topological polar surface area (TPSA) is 53.8 Å². The Hall–Kier alpha value is -0.840. The van der Waals surface area contributed by atoms with Crippen molar-refractivity contribution in [3.63, 3.8) is 0 Å². The molecule has 3 rings (SSSR count). The number of fused-ring (bicyclic) bond motifs is 2. The first-order chi connectivity index (χ1) is 8.84. The van der Waals surface area contributed by atoms with Gasteiger partial charge in [-0.1, -0.05) is 32.5 Å². The molecule has 5 heteroatoms. The van der Waals surface area contributed by atoms with Crippen molar-refractivity contribution in [2.75, 3.05) is 0 Å². The largest absolute Gasteiger partial charge is 0.303 e. The van der Waals surface area contributed by atoms with Gasteiger partial charge in [-0.25, -0.2) is 0 Å². The fraction of sp³-hybridized carbons (Fsp3) is 0.786. The summed E-state index contributed by atoms with van der Waals surface area (Å²) in [5, 5.41) is 12.1. The van der Waals surface area contributed by atoms with Crippen LogP contribution in [0.25, 0.3) is 0 Å². The third-order valence-corrected chi connectivity index (χ3v) is 6.64. The highest BCUT2D eigenvalue weighted by Gasteiger charge is 2.60. The van der Waals surface area contributed by atoms with Crippen LogP contribution >= 0.6 is 11.8 Å². The quantitative estimate of drug-likeness (QED) is 0.750. The summed E-state index contributed by atoms with van der Waals surface area (Å²) in [6.45, 7) is 8.92. The first-order valence-corrected chi connectivity index (χ1v) is 7.85. The molecule has 19 heavy (non-hydrogen) atoms. The molecule has 4 nitrogen and oxygen atoms in total. The molecule has 1 N–H and O–H groups in total. The van der Waals surface area contributed by atoms with Crippen molar-refractivity contribution in [1.29, 1.82) is 0 Å². The normalized spacial score (nSPS) is 44.3. The van der Waals surface area contributed by atoms with Gasteiger partial charge >= 0.3 is 0 Å². The van der Waals surface area contributed by atoms with E-state index in [1.165, 1.54) is 30.3 Å². The summed E-state index contributed by atoms with van der Waals surface area (Å²) in [7, 11) is 0. The Balaban J connectivity index is 1.84. The number of thioether (sulfide) groups is 1. The van der Waals surface area contributed by atoms with Gasteiger partial charge in [0.25, 0.3) is 0 Å². The second-order valence-electron chi connectivity index (χ2n) is 6.69. The lowest BCUT2D eigenvalue weighted by atomic mass is 9.70. The number of carbonyl (C=O) groups is 1. The molecular weight excluding hydrogens is 258 g/mol. The number of hydrogen-bond donors (Lipinski definition) is 1. The molecule has 3 aliphatic rings. The van der Waals surface area contributed by atoms with Crippen molar-refractivity contribution in [2.45, 2.75) is 52.2 Å². The zero-order valence-corrected chi connectivity index (χ0v) is 12.8. The van der Waals surface area contributed by atoms with Crippen LogP contribution in [-0.2, 0) is 4.79 Å². The number of carbonyl (C=O) groups excluding carboxylic acids is 1. The maximum absolute atomic E-state index is 11.4. The van der Waals surface area contributed by atoms with Crippen LogP contribution in [-0.4, -0.2) is 22.0 Å². The molecule has 1 saturated heterocycles. The van der Waals surface area contributed by atoms with Crippen molar-refractivity contribution in [3.8, 4) is 0 Å². The molecule has 104 valence electrons. The predicted molar refractivity (Wildman–Crippen MR) is 79.3 cm³/mol. The van der Waals surface area contributed by atoms with Gasteiger partial charge in [0.05, 0.1) is 5.25 Å². The molecule has 0 aromatic rings. The number of nitrogens with one attached hydrogen (secondary N) is 1. The summed E-state index contributed by atoms with van der Waals surface area (Å²) in [4.78, 5) is 11.4. The Labute approximate surface area is 118 Å². The number of nitrogens with zero attached hydrogens (tertiary/aromatic N) is 2. The summed E-state index contributed by atoms with van der Waals surface area (Å²) in [6.07, 6.45) is 3.58. The van der Waals surface area contributed by atoms with Crippen LogP contribution in [0.3, 0.4) is 0 Å². The molecule has 0 aromatic heterocycles. The summed E-state index contributed by atoms with van der Waals surface area (Å²) in [6, 6.07) is 0. The molecule has 2 saturated carbocycles. The van der Waals surface area contributed by atoms with Gasteiger partial charge in [-0.2, -0.15) is 5.10 Å². The minimum absolute atomic E-state index is 0.0310. The Morgan fingerprint density at radius 3 is 2.53 bits per heavy atom. The van der Waals surface area contributed by atoms with Gasteiger partial charge in [0, 0.05) is 11.1 Å². The number of rotatable bonds is 1. The van der Waals surface area contributed by atoms with Crippen LogP contribution in [0.15, 0.2) is 10.2 Å². The lowest BCUT2D eigenvalue weighted by Gasteiger charge is -2.34. The van der Waals surface area contributed by atoms with E-state index in [2.05, 4.69) is 36.3 Å². The molecule has 3 atom stereocenters.